The largest absolute Gasteiger partial charge is 0.435 e. The molecular formula is C23H20Cl2F3N3O2S. The monoisotopic (exact) mass is 529 g/mol. The van der Waals surface area contributed by atoms with E-state index in [9.17, 15) is 18.0 Å². The van der Waals surface area contributed by atoms with Gasteiger partial charge in [0.1, 0.15) is 0 Å². The van der Waals surface area contributed by atoms with Gasteiger partial charge < -0.3 is 10.2 Å². The van der Waals surface area contributed by atoms with Crippen LogP contribution in [0, 0.1) is 6.92 Å². The van der Waals surface area contributed by atoms with Crippen molar-refractivity contribution in [1.82, 2.24) is 5.32 Å². The van der Waals surface area contributed by atoms with Gasteiger partial charge in [0.05, 0.1) is 23.3 Å². The highest BCUT2D eigenvalue weighted by molar-refractivity contribution is 8.14. The van der Waals surface area contributed by atoms with E-state index in [1.54, 1.807) is 36.9 Å². The summed E-state index contributed by atoms with van der Waals surface area (Å²) in [7, 11) is 0. The predicted molar refractivity (Wildman–Crippen MR) is 129 cm³/mol. The normalized spacial score (nSPS) is 22.3. The van der Waals surface area contributed by atoms with Crippen LogP contribution in [0.15, 0.2) is 46.5 Å². The molecule has 2 heterocycles. The Morgan fingerprint density at radius 2 is 1.94 bits per heavy atom. The van der Waals surface area contributed by atoms with Gasteiger partial charge in [-0.1, -0.05) is 34.4 Å². The first-order valence-electron chi connectivity index (χ1n) is 10.4. The highest BCUT2D eigenvalue weighted by Gasteiger charge is 2.62. The van der Waals surface area contributed by atoms with Gasteiger partial charge in [-0.25, -0.2) is 0 Å². The summed E-state index contributed by atoms with van der Waals surface area (Å²) < 4.78 is 42.6. The SMILES string of the molecule is Cc1cc(C2=NOC(c3cc(Cl)cc(Cl)c3)(C(F)(F)F)C2)ccc1C(=O)NCC1=NC(C)CS1. The molecule has 5 nitrogen and oxygen atoms in total. The van der Waals surface area contributed by atoms with Crippen LogP contribution in [0.5, 0.6) is 0 Å². The van der Waals surface area contributed by atoms with Crippen LogP contribution in [0.1, 0.15) is 40.4 Å². The second kappa shape index (κ2) is 9.43. The zero-order chi connectivity index (χ0) is 24.7. The van der Waals surface area contributed by atoms with Crippen molar-refractivity contribution in [1.29, 1.82) is 0 Å². The molecule has 0 spiro atoms. The number of aliphatic imine (C=N–C) groups is 1. The fourth-order valence-corrected chi connectivity index (χ4v) is 5.29. The van der Waals surface area contributed by atoms with Gasteiger partial charge in [-0.15, -0.1) is 11.8 Å². The molecule has 180 valence electrons. The van der Waals surface area contributed by atoms with Crippen molar-refractivity contribution >= 4 is 51.6 Å². The van der Waals surface area contributed by atoms with E-state index in [4.69, 9.17) is 28.0 Å². The number of halogens is 5. The molecule has 2 unspecified atom stereocenters. The third-order valence-corrected chi connectivity index (χ3v) is 7.24. The summed E-state index contributed by atoms with van der Waals surface area (Å²) in [4.78, 5) is 22.1. The molecule has 0 radical (unpaired) electrons. The Morgan fingerprint density at radius 3 is 2.53 bits per heavy atom. The first kappa shape index (κ1) is 24.9. The highest BCUT2D eigenvalue weighted by Crippen LogP contribution is 2.49. The average Bonchev–Trinajstić information content (AvgIpc) is 3.38. The van der Waals surface area contributed by atoms with Crippen LogP contribution < -0.4 is 5.32 Å². The molecule has 1 amide bonds. The summed E-state index contributed by atoms with van der Waals surface area (Å²) in [6.07, 6.45) is -5.34. The van der Waals surface area contributed by atoms with Crippen LogP contribution in [0.2, 0.25) is 10.0 Å². The van der Waals surface area contributed by atoms with E-state index < -0.39 is 18.2 Å². The number of hydrogen-bond acceptors (Lipinski definition) is 5. The van der Waals surface area contributed by atoms with E-state index in [1.165, 1.54) is 18.2 Å². The highest BCUT2D eigenvalue weighted by atomic mass is 35.5. The number of benzene rings is 2. The molecule has 0 bridgehead atoms. The fourth-order valence-electron chi connectivity index (χ4n) is 3.83. The molecule has 4 rings (SSSR count). The Kier molecular flexibility index (Phi) is 6.90. The van der Waals surface area contributed by atoms with Crippen molar-refractivity contribution in [3.63, 3.8) is 0 Å². The topological polar surface area (TPSA) is 63.0 Å². The van der Waals surface area contributed by atoms with Gasteiger partial charge in [0.25, 0.3) is 11.5 Å². The first-order chi connectivity index (χ1) is 16.0. The summed E-state index contributed by atoms with van der Waals surface area (Å²) in [6.45, 7) is 4.06. The Morgan fingerprint density at radius 1 is 1.24 bits per heavy atom. The number of alkyl halides is 3. The molecule has 11 heteroatoms. The lowest BCUT2D eigenvalue weighted by atomic mass is 9.86. The van der Waals surface area contributed by atoms with E-state index in [2.05, 4.69) is 15.5 Å². The number of oxime groups is 1. The minimum atomic E-state index is -4.78. The smallest absolute Gasteiger partial charge is 0.374 e. The minimum absolute atomic E-state index is 0.0609. The Labute approximate surface area is 208 Å². The van der Waals surface area contributed by atoms with Crippen molar-refractivity contribution < 1.29 is 22.8 Å². The van der Waals surface area contributed by atoms with Gasteiger partial charge in [-0.3, -0.25) is 9.79 Å². The molecule has 34 heavy (non-hydrogen) atoms. The molecule has 0 aliphatic carbocycles. The second-order valence-corrected chi connectivity index (χ2v) is 10.2. The van der Waals surface area contributed by atoms with Crippen molar-refractivity contribution in [3.8, 4) is 0 Å². The van der Waals surface area contributed by atoms with Gasteiger partial charge >= 0.3 is 6.18 Å². The molecule has 2 aliphatic rings. The third-order valence-electron chi connectivity index (χ3n) is 5.57. The van der Waals surface area contributed by atoms with E-state index in [0.717, 1.165) is 10.8 Å². The fraction of sp³-hybridized carbons (Fsp3) is 0.348. The predicted octanol–water partition coefficient (Wildman–Crippen LogP) is 6.15. The van der Waals surface area contributed by atoms with Crippen molar-refractivity contribution in [2.45, 2.75) is 38.1 Å². The van der Waals surface area contributed by atoms with Crippen LogP contribution in [0.25, 0.3) is 0 Å². The number of carbonyl (C=O) groups is 1. The maximum absolute atomic E-state index is 14.2. The summed E-state index contributed by atoms with van der Waals surface area (Å²) >= 11 is 13.5. The molecule has 2 aliphatic heterocycles. The van der Waals surface area contributed by atoms with Crippen LogP contribution >= 0.6 is 35.0 Å². The molecular weight excluding hydrogens is 510 g/mol. The minimum Gasteiger partial charge on any atom is -0.374 e. The lowest BCUT2D eigenvalue weighted by molar-refractivity contribution is -0.275. The van der Waals surface area contributed by atoms with Crippen LogP contribution in [-0.2, 0) is 10.4 Å². The Balaban J connectivity index is 1.54. The molecule has 0 fully saturated rings. The van der Waals surface area contributed by atoms with Crippen LogP contribution in [0.4, 0.5) is 13.2 Å². The maximum atomic E-state index is 14.2. The number of hydrogen-bond donors (Lipinski definition) is 1. The van der Waals surface area contributed by atoms with Gasteiger partial charge in [0.15, 0.2) is 0 Å². The van der Waals surface area contributed by atoms with E-state index >= 15 is 0 Å². The number of thioether (sulfide) groups is 1. The summed E-state index contributed by atoms with van der Waals surface area (Å²) in [6, 6.07) is 8.68. The number of amides is 1. The summed E-state index contributed by atoms with van der Waals surface area (Å²) in [5.74, 6) is 0.610. The van der Waals surface area contributed by atoms with Gasteiger partial charge in [-0.05, 0) is 55.3 Å². The number of rotatable bonds is 5. The standard InChI is InChI=1S/C23H20Cl2F3N3O2S/c1-12-5-14(3-4-18(12)21(32)29-10-20-30-13(2)11-34-20)19-9-22(33-31-19,23(26,27)28)15-6-16(24)8-17(25)7-15/h3-8,13H,9-11H2,1-2H3,(H,29,32). The number of nitrogens with zero attached hydrogens (tertiary/aromatic N) is 2. The Hall–Kier alpha value is -2.23. The van der Waals surface area contributed by atoms with E-state index in [-0.39, 0.29) is 33.3 Å². The van der Waals surface area contributed by atoms with Gasteiger partial charge in [-0.2, -0.15) is 13.2 Å². The van der Waals surface area contributed by atoms with E-state index in [1.807, 2.05) is 6.92 Å². The molecule has 1 N–H and O–H groups in total. The van der Waals surface area contributed by atoms with Crippen LogP contribution in [0.3, 0.4) is 0 Å². The second-order valence-electron chi connectivity index (χ2n) is 8.18. The zero-order valence-electron chi connectivity index (χ0n) is 18.2. The quantitative estimate of drug-likeness (QED) is 0.505. The molecule has 2 aromatic rings. The number of aryl methyl sites for hydroxylation is 1. The molecule has 0 saturated carbocycles. The van der Waals surface area contributed by atoms with E-state index in [0.29, 0.717) is 23.2 Å². The average molecular weight is 530 g/mol. The molecule has 0 saturated heterocycles. The summed E-state index contributed by atoms with van der Waals surface area (Å²) in [5, 5.41) is 7.60. The lowest BCUT2D eigenvalue weighted by Crippen LogP contribution is -2.42. The molecule has 2 aromatic carbocycles. The van der Waals surface area contributed by atoms with Crippen molar-refractivity contribution in [2.75, 3.05) is 12.3 Å². The first-order valence-corrected chi connectivity index (χ1v) is 12.1. The van der Waals surface area contributed by atoms with Gasteiger partial charge in [0.2, 0.25) is 0 Å². The van der Waals surface area contributed by atoms with Crippen LogP contribution in [-0.4, -0.2) is 41.2 Å². The van der Waals surface area contributed by atoms with Crippen molar-refractivity contribution in [3.05, 3.63) is 68.7 Å². The van der Waals surface area contributed by atoms with Crippen molar-refractivity contribution in [2.24, 2.45) is 10.1 Å². The number of nitrogens with one attached hydrogen (secondary N) is 1. The summed E-state index contributed by atoms with van der Waals surface area (Å²) in [5.41, 5.74) is -1.39. The lowest BCUT2D eigenvalue weighted by Gasteiger charge is -2.29. The molecule has 0 aromatic heterocycles. The molecule has 2 atom stereocenters. The van der Waals surface area contributed by atoms with Gasteiger partial charge in [0, 0.05) is 33.3 Å². The number of carbonyl (C=O) groups excluding carboxylic acids is 1. The zero-order valence-corrected chi connectivity index (χ0v) is 20.5. The Bertz CT molecular complexity index is 1180. The maximum Gasteiger partial charge on any atom is 0.435 e. The third kappa shape index (κ3) is 4.92.